The topological polar surface area (TPSA) is 21.3 Å². The summed E-state index contributed by atoms with van der Waals surface area (Å²) in [6, 6.07) is 19.0. The fraction of sp³-hybridized carbons (Fsp3) is 0.294. The second-order valence-corrected chi connectivity index (χ2v) is 4.59. The predicted octanol–water partition coefficient (Wildman–Crippen LogP) is 3.94. The van der Waals surface area contributed by atoms with Crippen LogP contribution < -0.4 is 10.1 Å². The molecule has 0 aliphatic carbocycles. The summed E-state index contributed by atoms with van der Waals surface area (Å²) in [6.45, 7) is 2.80. The summed E-state index contributed by atoms with van der Waals surface area (Å²) in [4.78, 5) is 0. The molecule has 0 bridgehead atoms. The van der Waals surface area contributed by atoms with E-state index in [9.17, 15) is 0 Å². The van der Waals surface area contributed by atoms with E-state index < -0.39 is 0 Å². The van der Waals surface area contributed by atoms with E-state index in [1.54, 1.807) is 0 Å². The summed E-state index contributed by atoms with van der Waals surface area (Å²) in [5.41, 5.74) is 2.49. The van der Waals surface area contributed by atoms with Crippen molar-refractivity contribution < 1.29 is 4.74 Å². The van der Waals surface area contributed by atoms with Gasteiger partial charge in [-0.05, 0) is 36.7 Å². The largest absolute Gasteiger partial charge is 0.489 e. The molecular formula is C17H21NO. The van der Waals surface area contributed by atoms with E-state index in [0.717, 1.165) is 12.2 Å². The Balaban J connectivity index is 1.95. The average Bonchev–Trinajstić information content (AvgIpc) is 2.49. The second kappa shape index (κ2) is 6.95. The lowest BCUT2D eigenvalue weighted by molar-refractivity contribution is 0.306. The monoisotopic (exact) mass is 255 g/mol. The Kier molecular flexibility index (Phi) is 4.99. The number of hydrogen-bond acceptors (Lipinski definition) is 2. The highest BCUT2D eigenvalue weighted by Gasteiger charge is 2.05. The van der Waals surface area contributed by atoms with Gasteiger partial charge in [0.25, 0.3) is 0 Å². The molecule has 2 heteroatoms. The number of hydrogen-bond donors (Lipinski definition) is 1. The zero-order valence-electron chi connectivity index (χ0n) is 11.6. The molecule has 2 aromatic rings. The summed E-state index contributed by atoms with van der Waals surface area (Å²) in [6.07, 6.45) is 1.08. The molecular weight excluding hydrogens is 234 g/mol. The maximum absolute atomic E-state index is 5.77. The van der Waals surface area contributed by atoms with Crippen LogP contribution in [0.5, 0.6) is 5.75 Å². The summed E-state index contributed by atoms with van der Waals surface area (Å²) < 4.78 is 5.77. The van der Waals surface area contributed by atoms with Gasteiger partial charge in [0.15, 0.2) is 0 Å². The van der Waals surface area contributed by atoms with Gasteiger partial charge in [-0.2, -0.15) is 0 Å². The molecule has 100 valence electrons. The van der Waals surface area contributed by atoms with Crippen LogP contribution in [0.25, 0.3) is 0 Å². The molecule has 0 aliphatic heterocycles. The molecule has 0 fully saturated rings. The molecule has 2 nitrogen and oxygen atoms in total. The van der Waals surface area contributed by atoms with Crippen molar-refractivity contribution in [1.82, 2.24) is 5.32 Å². The Labute approximate surface area is 115 Å². The molecule has 0 spiro atoms. The number of rotatable bonds is 6. The van der Waals surface area contributed by atoms with Crippen molar-refractivity contribution in [3.63, 3.8) is 0 Å². The first-order valence-corrected chi connectivity index (χ1v) is 6.77. The molecule has 19 heavy (non-hydrogen) atoms. The Morgan fingerprint density at radius 1 is 1.00 bits per heavy atom. The van der Waals surface area contributed by atoms with E-state index in [0.29, 0.717) is 12.6 Å². The van der Waals surface area contributed by atoms with Gasteiger partial charge in [0.2, 0.25) is 0 Å². The molecule has 2 aromatic carbocycles. The Bertz CT molecular complexity index is 474. The maximum Gasteiger partial charge on any atom is 0.119 e. The predicted molar refractivity (Wildman–Crippen MR) is 79.3 cm³/mol. The third-order valence-electron chi connectivity index (χ3n) is 3.29. The fourth-order valence-corrected chi connectivity index (χ4v) is 2.14. The van der Waals surface area contributed by atoms with Crippen molar-refractivity contribution in [2.75, 3.05) is 7.05 Å². The first kappa shape index (κ1) is 13.6. The highest BCUT2D eigenvalue weighted by atomic mass is 16.5. The van der Waals surface area contributed by atoms with E-state index in [4.69, 9.17) is 4.74 Å². The van der Waals surface area contributed by atoms with Crippen LogP contribution in [0.15, 0.2) is 54.6 Å². The van der Waals surface area contributed by atoms with Gasteiger partial charge < -0.3 is 10.1 Å². The molecule has 1 atom stereocenters. The SMILES string of the molecule is CCC(NC)c1ccc(OCc2ccccc2)cc1. The summed E-state index contributed by atoms with van der Waals surface area (Å²) in [7, 11) is 1.99. The minimum absolute atomic E-state index is 0.420. The van der Waals surface area contributed by atoms with Gasteiger partial charge in [-0.15, -0.1) is 0 Å². The lowest BCUT2D eigenvalue weighted by atomic mass is 10.0. The minimum Gasteiger partial charge on any atom is -0.489 e. The highest BCUT2D eigenvalue weighted by molar-refractivity contribution is 5.29. The molecule has 0 aliphatic rings. The second-order valence-electron chi connectivity index (χ2n) is 4.59. The van der Waals surface area contributed by atoms with Crippen LogP contribution in [-0.2, 0) is 6.61 Å². The molecule has 1 N–H and O–H groups in total. The minimum atomic E-state index is 0.420. The Hall–Kier alpha value is -1.80. The quantitative estimate of drug-likeness (QED) is 0.844. The first-order chi connectivity index (χ1) is 9.33. The van der Waals surface area contributed by atoms with Crippen LogP contribution in [0.3, 0.4) is 0 Å². The van der Waals surface area contributed by atoms with Crippen LogP contribution >= 0.6 is 0 Å². The van der Waals surface area contributed by atoms with E-state index in [1.165, 1.54) is 11.1 Å². The van der Waals surface area contributed by atoms with Gasteiger partial charge in [-0.25, -0.2) is 0 Å². The summed E-state index contributed by atoms with van der Waals surface area (Å²) >= 11 is 0. The van der Waals surface area contributed by atoms with Gasteiger partial charge in [-0.1, -0.05) is 49.4 Å². The van der Waals surface area contributed by atoms with Gasteiger partial charge >= 0.3 is 0 Å². The van der Waals surface area contributed by atoms with Crippen LogP contribution in [0.4, 0.5) is 0 Å². The number of nitrogens with one attached hydrogen (secondary N) is 1. The van der Waals surface area contributed by atoms with E-state index in [1.807, 2.05) is 37.4 Å². The smallest absolute Gasteiger partial charge is 0.119 e. The average molecular weight is 255 g/mol. The van der Waals surface area contributed by atoms with Crippen molar-refractivity contribution in [3.8, 4) is 5.75 Å². The molecule has 0 amide bonds. The van der Waals surface area contributed by atoms with Crippen molar-refractivity contribution >= 4 is 0 Å². The molecule has 0 heterocycles. The lowest BCUT2D eigenvalue weighted by Gasteiger charge is -2.14. The highest BCUT2D eigenvalue weighted by Crippen LogP contribution is 2.20. The zero-order chi connectivity index (χ0) is 13.5. The number of benzene rings is 2. The van der Waals surface area contributed by atoms with Crippen molar-refractivity contribution in [2.45, 2.75) is 26.0 Å². The summed E-state index contributed by atoms with van der Waals surface area (Å²) in [5.74, 6) is 0.915. The van der Waals surface area contributed by atoms with Crippen LogP contribution in [0.1, 0.15) is 30.5 Å². The van der Waals surface area contributed by atoms with Gasteiger partial charge in [0.1, 0.15) is 12.4 Å². The van der Waals surface area contributed by atoms with Crippen LogP contribution in [0, 0.1) is 0 Å². The van der Waals surface area contributed by atoms with E-state index >= 15 is 0 Å². The Morgan fingerprint density at radius 3 is 2.26 bits per heavy atom. The van der Waals surface area contributed by atoms with Crippen molar-refractivity contribution in [3.05, 3.63) is 65.7 Å². The third kappa shape index (κ3) is 3.83. The maximum atomic E-state index is 5.77. The molecule has 0 saturated heterocycles. The fourth-order valence-electron chi connectivity index (χ4n) is 2.14. The van der Waals surface area contributed by atoms with Gasteiger partial charge in [-0.3, -0.25) is 0 Å². The van der Waals surface area contributed by atoms with Crippen LogP contribution in [-0.4, -0.2) is 7.05 Å². The lowest BCUT2D eigenvalue weighted by Crippen LogP contribution is -2.14. The molecule has 0 radical (unpaired) electrons. The first-order valence-electron chi connectivity index (χ1n) is 6.77. The van der Waals surface area contributed by atoms with Crippen molar-refractivity contribution in [2.24, 2.45) is 0 Å². The Morgan fingerprint density at radius 2 is 1.68 bits per heavy atom. The van der Waals surface area contributed by atoms with E-state index in [2.05, 4.69) is 36.5 Å². The third-order valence-corrected chi connectivity index (χ3v) is 3.29. The molecule has 1 unspecified atom stereocenters. The molecule has 0 aromatic heterocycles. The van der Waals surface area contributed by atoms with E-state index in [-0.39, 0.29) is 0 Å². The zero-order valence-corrected chi connectivity index (χ0v) is 11.6. The van der Waals surface area contributed by atoms with Crippen molar-refractivity contribution in [1.29, 1.82) is 0 Å². The standard InChI is InChI=1S/C17H21NO/c1-3-17(18-2)15-9-11-16(12-10-15)19-13-14-7-5-4-6-8-14/h4-12,17-18H,3,13H2,1-2H3. The van der Waals surface area contributed by atoms with Gasteiger partial charge in [0, 0.05) is 6.04 Å². The molecule has 2 rings (SSSR count). The normalized spacial score (nSPS) is 12.1. The van der Waals surface area contributed by atoms with Crippen LogP contribution in [0.2, 0.25) is 0 Å². The molecule has 0 saturated carbocycles. The number of ether oxygens (including phenoxy) is 1. The van der Waals surface area contributed by atoms with Gasteiger partial charge in [0.05, 0.1) is 0 Å². The summed E-state index contributed by atoms with van der Waals surface area (Å²) in [5, 5.41) is 3.30.